The summed E-state index contributed by atoms with van der Waals surface area (Å²) in [5, 5.41) is 6.53. The van der Waals surface area contributed by atoms with E-state index in [2.05, 4.69) is 0 Å². The van der Waals surface area contributed by atoms with Crippen molar-refractivity contribution in [1.29, 1.82) is 5.41 Å². The van der Waals surface area contributed by atoms with Crippen molar-refractivity contribution < 1.29 is 0 Å². The van der Waals surface area contributed by atoms with Gasteiger partial charge >= 0.3 is 0 Å². The fourth-order valence-electron chi connectivity index (χ4n) is 0.204. The van der Waals surface area contributed by atoms with Gasteiger partial charge in [0.25, 0.3) is 0 Å². The number of hydrogen-bond donors (Lipinski definition) is 1. The monoisotopic (exact) mass is 83.1 g/mol. The van der Waals surface area contributed by atoms with E-state index >= 15 is 0 Å². The summed E-state index contributed by atoms with van der Waals surface area (Å²) in [6.07, 6.45) is 6.02. The fraction of sp³-hybridized carbons (Fsp3) is 0.400. The molecule has 1 N–H and O–H groups in total. The van der Waals surface area contributed by atoms with Crippen molar-refractivity contribution >= 4 is 6.21 Å². The van der Waals surface area contributed by atoms with Crippen LogP contribution in [0.3, 0.4) is 0 Å². The summed E-state index contributed by atoms with van der Waals surface area (Å²) in [6.45, 7) is 1.95. The average Bonchev–Trinajstić information content (AvgIpc) is 1.61. The van der Waals surface area contributed by atoms with E-state index in [-0.39, 0.29) is 0 Å². The van der Waals surface area contributed by atoms with Gasteiger partial charge in [-0.15, -0.1) is 0 Å². The molecule has 0 unspecified atom stereocenters. The van der Waals surface area contributed by atoms with Crippen LogP contribution in [-0.2, 0) is 0 Å². The predicted molar refractivity (Wildman–Crippen MR) is 28.2 cm³/mol. The molecule has 0 spiro atoms. The van der Waals surface area contributed by atoms with Crippen molar-refractivity contribution in [2.45, 2.75) is 13.3 Å². The second-order valence-electron chi connectivity index (χ2n) is 1.01. The summed E-state index contributed by atoms with van der Waals surface area (Å²) in [4.78, 5) is 0. The highest BCUT2D eigenvalue weighted by Gasteiger charge is 1.59. The second-order valence-corrected chi connectivity index (χ2v) is 1.01. The molecule has 1 nitrogen and oxygen atoms in total. The Morgan fingerprint density at radius 1 is 1.67 bits per heavy atom. The Kier molecular flexibility index (Phi) is 3.98. The van der Waals surface area contributed by atoms with Crippen LogP contribution in [0.15, 0.2) is 12.2 Å². The van der Waals surface area contributed by atoms with Gasteiger partial charge < -0.3 is 5.41 Å². The highest BCUT2D eigenvalue weighted by Crippen LogP contribution is 1.72. The molecule has 0 fully saturated rings. The summed E-state index contributed by atoms with van der Waals surface area (Å²) in [5.41, 5.74) is 0. The molecular formula is C5H9N. The molecule has 0 aliphatic heterocycles. The topological polar surface area (TPSA) is 23.9 Å². The summed E-state index contributed by atoms with van der Waals surface area (Å²) in [7, 11) is 0. The van der Waals surface area contributed by atoms with E-state index in [9.17, 15) is 0 Å². The van der Waals surface area contributed by atoms with Crippen LogP contribution in [0.1, 0.15) is 13.3 Å². The molecule has 6 heavy (non-hydrogen) atoms. The molecule has 0 rings (SSSR count). The lowest BCUT2D eigenvalue weighted by molar-refractivity contribution is 1.42. The molecule has 0 aliphatic carbocycles. The first-order chi connectivity index (χ1) is 2.91. The number of allylic oxidation sites excluding steroid dienone is 2. The lowest BCUT2D eigenvalue weighted by Crippen LogP contribution is -1.59. The maximum Gasteiger partial charge on any atom is -0.0000289 e. The van der Waals surface area contributed by atoms with E-state index in [0.29, 0.717) is 0 Å². The summed E-state index contributed by atoms with van der Waals surface area (Å²) in [6, 6.07) is 0. The zero-order chi connectivity index (χ0) is 4.83. The molecule has 0 saturated heterocycles. The third-order valence-corrected chi connectivity index (χ3v) is 0.490. The molecule has 0 heterocycles. The van der Waals surface area contributed by atoms with Crippen molar-refractivity contribution in [2.24, 2.45) is 0 Å². The smallest absolute Gasteiger partial charge is 0.0000289 e. The second kappa shape index (κ2) is 4.41. The van der Waals surface area contributed by atoms with Gasteiger partial charge in [-0.25, -0.2) is 0 Å². The number of hydrogen-bond acceptors (Lipinski definition) is 1. The van der Waals surface area contributed by atoms with Gasteiger partial charge in [-0.2, -0.15) is 0 Å². The van der Waals surface area contributed by atoms with Crippen LogP contribution in [0.4, 0.5) is 0 Å². The quantitative estimate of drug-likeness (QED) is 0.387. The molecule has 0 bridgehead atoms. The van der Waals surface area contributed by atoms with Crippen LogP contribution in [-0.4, -0.2) is 6.21 Å². The summed E-state index contributed by atoms with van der Waals surface area (Å²) in [5.74, 6) is 0. The molecule has 0 aromatic carbocycles. The minimum atomic E-state index is 0.774. The highest BCUT2D eigenvalue weighted by atomic mass is 14.3. The zero-order valence-corrected chi connectivity index (χ0v) is 3.94. The minimum Gasteiger partial charge on any atom is -0.313 e. The molecule has 0 atom stereocenters. The Morgan fingerprint density at radius 2 is 2.33 bits per heavy atom. The van der Waals surface area contributed by atoms with Crippen molar-refractivity contribution in [3.8, 4) is 0 Å². The van der Waals surface area contributed by atoms with E-state index in [1.807, 2.05) is 19.1 Å². The molecule has 0 aromatic rings. The molecule has 0 aliphatic rings. The third-order valence-electron chi connectivity index (χ3n) is 0.490. The maximum atomic E-state index is 6.53. The van der Waals surface area contributed by atoms with Crippen molar-refractivity contribution in [2.75, 3.05) is 0 Å². The van der Waals surface area contributed by atoms with Crippen molar-refractivity contribution in [3.05, 3.63) is 12.2 Å². The highest BCUT2D eigenvalue weighted by molar-refractivity contribution is 5.55. The Morgan fingerprint density at radius 3 is 2.50 bits per heavy atom. The van der Waals surface area contributed by atoms with Gasteiger partial charge in [0.15, 0.2) is 0 Å². The SMILES string of the molecule is C/C=C/CC=N. The van der Waals surface area contributed by atoms with Crippen LogP contribution >= 0.6 is 0 Å². The normalized spacial score (nSPS) is 9.50. The molecule has 0 aromatic heterocycles. The Hall–Kier alpha value is -0.590. The van der Waals surface area contributed by atoms with Gasteiger partial charge in [0.1, 0.15) is 0 Å². The van der Waals surface area contributed by atoms with E-state index in [1.165, 1.54) is 6.21 Å². The number of rotatable bonds is 2. The first kappa shape index (κ1) is 5.41. The maximum absolute atomic E-state index is 6.53. The van der Waals surface area contributed by atoms with E-state index < -0.39 is 0 Å². The van der Waals surface area contributed by atoms with Crippen molar-refractivity contribution in [1.82, 2.24) is 0 Å². The van der Waals surface area contributed by atoms with Gasteiger partial charge in [0.05, 0.1) is 0 Å². The standard InChI is InChI=1S/C5H9N/c1-2-3-4-5-6/h2-3,5-6H,4H2,1H3/b3-2+,6-5?. The lowest BCUT2D eigenvalue weighted by Gasteiger charge is -1.68. The van der Waals surface area contributed by atoms with Crippen LogP contribution in [0.25, 0.3) is 0 Å². The van der Waals surface area contributed by atoms with E-state index in [4.69, 9.17) is 5.41 Å². The first-order valence-electron chi connectivity index (χ1n) is 2.02. The largest absolute Gasteiger partial charge is 0.313 e. The van der Waals surface area contributed by atoms with E-state index in [0.717, 1.165) is 6.42 Å². The van der Waals surface area contributed by atoms with Gasteiger partial charge in [-0.1, -0.05) is 12.2 Å². The lowest BCUT2D eigenvalue weighted by atomic mass is 10.4. The van der Waals surface area contributed by atoms with Crippen LogP contribution in [0, 0.1) is 5.41 Å². The average molecular weight is 83.1 g/mol. The van der Waals surface area contributed by atoms with E-state index in [1.54, 1.807) is 0 Å². The minimum absolute atomic E-state index is 0.774. The zero-order valence-electron chi connectivity index (χ0n) is 3.94. The predicted octanol–water partition coefficient (Wildman–Crippen LogP) is 1.60. The van der Waals surface area contributed by atoms with Crippen molar-refractivity contribution in [3.63, 3.8) is 0 Å². The van der Waals surface area contributed by atoms with Crippen LogP contribution < -0.4 is 0 Å². The molecule has 34 valence electrons. The first-order valence-corrected chi connectivity index (χ1v) is 2.02. The molecule has 0 radical (unpaired) electrons. The molecule has 0 saturated carbocycles. The Bertz CT molecular complexity index is 55.0. The van der Waals surface area contributed by atoms with Crippen LogP contribution in [0.2, 0.25) is 0 Å². The Balaban J connectivity index is 2.85. The Labute approximate surface area is 38.2 Å². The summed E-state index contributed by atoms with van der Waals surface area (Å²) < 4.78 is 0. The van der Waals surface area contributed by atoms with Gasteiger partial charge in [0, 0.05) is 0 Å². The molecular weight excluding hydrogens is 74.1 g/mol. The molecule has 0 amide bonds. The van der Waals surface area contributed by atoms with Gasteiger partial charge in [-0.05, 0) is 19.6 Å². The third kappa shape index (κ3) is 3.41. The van der Waals surface area contributed by atoms with Gasteiger partial charge in [-0.3, -0.25) is 0 Å². The summed E-state index contributed by atoms with van der Waals surface area (Å²) >= 11 is 0. The molecule has 1 heteroatoms. The fourth-order valence-corrected chi connectivity index (χ4v) is 0.204. The van der Waals surface area contributed by atoms with Crippen LogP contribution in [0.5, 0.6) is 0 Å². The number of nitrogens with one attached hydrogen (secondary N) is 1. The van der Waals surface area contributed by atoms with Gasteiger partial charge in [0.2, 0.25) is 0 Å².